The van der Waals surface area contributed by atoms with Crippen molar-refractivity contribution in [3.8, 4) is 0 Å². The summed E-state index contributed by atoms with van der Waals surface area (Å²) in [6.07, 6.45) is 0. The number of benzene rings is 1. The van der Waals surface area contributed by atoms with E-state index in [9.17, 15) is 13.2 Å². The Morgan fingerprint density at radius 1 is 1.40 bits per heavy atom. The minimum atomic E-state index is -3.93. The third kappa shape index (κ3) is 5.28. The maximum absolute atomic E-state index is 11.9. The Balaban J connectivity index is 2.86. The lowest BCUT2D eigenvalue weighted by Crippen LogP contribution is -2.30. The maximum Gasteiger partial charge on any atom is 0.261 e. The van der Waals surface area contributed by atoms with Gasteiger partial charge in [-0.05, 0) is 24.1 Å². The van der Waals surface area contributed by atoms with E-state index in [-0.39, 0.29) is 21.4 Å². The normalized spacial score (nSPS) is 13.0. The van der Waals surface area contributed by atoms with E-state index >= 15 is 0 Å². The largest absolute Gasteiger partial charge is 0.384 e. The van der Waals surface area contributed by atoms with E-state index < -0.39 is 15.0 Å². The second kappa shape index (κ2) is 7.26. The number of methoxy groups -OCH3 is 1. The molecule has 5 nitrogen and oxygen atoms in total. The topological polar surface area (TPSA) is 72.5 Å². The van der Waals surface area contributed by atoms with Crippen LogP contribution in [0.25, 0.3) is 0 Å². The molecule has 1 atom stereocenters. The van der Waals surface area contributed by atoms with Crippen molar-refractivity contribution in [1.29, 1.82) is 0 Å². The summed E-state index contributed by atoms with van der Waals surface area (Å²) in [5.74, 6) is -0.281. The molecule has 1 amide bonds. The Morgan fingerprint density at radius 2 is 2.05 bits per heavy atom. The zero-order chi connectivity index (χ0) is 15.3. The summed E-state index contributed by atoms with van der Waals surface area (Å²) in [6, 6.07) is 3.75. The van der Waals surface area contributed by atoms with E-state index in [0.717, 1.165) is 0 Å². The van der Waals surface area contributed by atoms with Crippen molar-refractivity contribution in [2.24, 2.45) is 5.92 Å². The third-order valence-electron chi connectivity index (χ3n) is 2.48. The van der Waals surface area contributed by atoms with Crippen molar-refractivity contribution >= 4 is 37.2 Å². The lowest BCUT2D eigenvalue weighted by molar-refractivity contribution is 0.0934. The lowest BCUT2D eigenvalue weighted by atomic mass is 10.1. The van der Waals surface area contributed by atoms with Crippen LogP contribution in [0.4, 0.5) is 0 Å². The minimum absolute atomic E-state index is 0.127. The Kier molecular flexibility index (Phi) is 6.26. The van der Waals surface area contributed by atoms with Crippen molar-refractivity contribution in [3.05, 3.63) is 28.8 Å². The smallest absolute Gasteiger partial charge is 0.261 e. The van der Waals surface area contributed by atoms with E-state index in [4.69, 9.17) is 27.0 Å². The van der Waals surface area contributed by atoms with Crippen LogP contribution < -0.4 is 5.32 Å². The van der Waals surface area contributed by atoms with Crippen molar-refractivity contribution in [2.45, 2.75) is 11.8 Å². The van der Waals surface area contributed by atoms with Gasteiger partial charge in [-0.3, -0.25) is 4.79 Å². The Morgan fingerprint density at radius 3 is 2.60 bits per heavy atom. The fourth-order valence-electron chi connectivity index (χ4n) is 1.55. The SMILES string of the molecule is COCC(C)CNC(=O)c1cc(Cl)cc(S(=O)(=O)Cl)c1. The van der Waals surface area contributed by atoms with Gasteiger partial charge in [-0.1, -0.05) is 18.5 Å². The van der Waals surface area contributed by atoms with E-state index in [1.54, 1.807) is 7.11 Å². The Hall–Kier alpha value is -0.820. The van der Waals surface area contributed by atoms with Crippen molar-refractivity contribution in [3.63, 3.8) is 0 Å². The van der Waals surface area contributed by atoms with Gasteiger partial charge >= 0.3 is 0 Å². The number of rotatable bonds is 6. The van der Waals surface area contributed by atoms with Gasteiger partial charge in [0, 0.05) is 34.9 Å². The number of carbonyl (C=O) groups excluding carboxylic acids is 1. The molecule has 1 aromatic carbocycles. The second-order valence-corrected chi connectivity index (χ2v) is 7.39. The first-order valence-electron chi connectivity index (χ1n) is 5.76. The molecule has 112 valence electrons. The summed E-state index contributed by atoms with van der Waals surface area (Å²) in [6.45, 7) is 2.83. The van der Waals surface area contributed by atoms with Crippen LogP contribution in [0.15, 0.2) is 23.1 Å². The van der Waals surface area contributed by atoms with E-state index in [1.807, 2.05) is 6.92 Å². The molecular formula is C12H15Cl2NO4S. The molecule has 8 heteroatoms. The predicted octanol–water partition coefficient (Wildman–Crippen LogP) is 2.28. The van der Waals surface area contributed by atoms with E-state index in [0.29, 0.717) is 13.2 Å². The summed E-state index contributed by atoms with van der Waals surface area (Å²) in [4.78, 5) is 11.7. The highest BCUT2D eigenvalue weighted by atomic mass is 35.7. The van der Waals surface area contributed by atoms with E-state index in [2.05, 4.69) is 5.32 Å². The van der Waals surface area contributed by atoms with Crippen LogP contribution in [0.1, 0.15) is 17.3 Å². The summed E-state index contributed by atoms with van der Waals surface area (Å²) >= 11 is 5.79. The van der Waals surface area contributed by atoms with Crippen LogP contribution in [-0.2, 0) is 13.8 Å². The molecule has 1 N–H and O–H groups in total. The van der Waals surface area contributed by atoms with Crippen LogP contribution in [0, 0.1) is 5.92 Å². The number of halogens is 2. The van der Waals surface area contributed by atoms with Gasteiger partial charge < -0.3 is 10.1 Å². The summed E-state index contributed by atoms with van der Waals surface area (Å²) in [5.41, 5.74) is 0.140. The van der Waals surface area contributed by atoms with Crippen LogP contribution in [0.2, 0.25) is 5.02 Å². The van der Waals surface area contributed by atoms with Gasteiger partial charge in [-0.2, -0.15) is 0 Å². The monoisotopic (exact) mass is 339 g/mol. The van der Waals surface area contributed by atoms with Gasteiger partial charge in [0.2, 0.25) is 0 Å². The Bertz CT molecular complexity index is 589. The molecule has 0 aromatic heterocycles. The summed E-state index contributed by atoms with van der Waals surface area (Å²) in [5, 5.41) is 2.80. The highest BCUT2D eigenvalue weighted by Crippen LogP contribution is 2.22. The molecule has 0 radical (unpaired) electrons. The molecule has 0 heterocycles. The molecule has 0 saturated heterocycles. The van der Waals surface area contributed by atoms with Gasteiger partial charge in [-0.15, -0.1) is 0 Å². The molecular weight excluding hydrogens is 325 g/mol. The first-order chi connectivity index (χ1) is 9.24. The zero-order valence-corrected chi connectivity index (χ0v) is 13.3. The first-order valence-corrected chi connectivity index (χ1v) is 8.45. The Labute approximate surface area is 127 Å². The number of hydrogen-bond donors (Lipinski definition) is 1. The van der Waals surface area contributed by atoms with Gasteiger partial charge in [-0.25, -0.2) is 8.42 Å². The highest BCUT2D eigenvalue weighted by molar-refractivity contribution is 8.13. The van der Waals surface area contributed by atoms with Gasteiger partial charge in [0.05, 0.1) is 11.5 Å². The average molecular weight is 340 g/mol. The fourth-order valence-corrected chi connectivity index (χ4v) is 2.65. The van der Waals surface area contributed by atoms with Crippen molar-refractivity contribution in [2.75, 3.05) is 20.3 Å². The molecule has 0 aliphatic rings. The summed E-state index contributed by atoms with van der Waals surface area (Å²) in [7, 11) is 2.88. The molecule has 0 bridgehead atoms. The van der Waals surface area contributed by atoms with Crippen LogP contribution in [-0.4, -0.2) is 34.6 Å². The van der Waals surface area contributed by atoms with Crippen LogP contribution in [0.3, 0.4) is 0 Å². The fraction of sp³-hybridized carbons (Fsp3) is 0.417. The lowest BCUT2D eigenvalue weighted by Gasteiger charge is -2.12. The number of carbonyl (C=O) groups is 1. The number of amides is 1. The van der Waals surface area contributed by atoms with Gasteiger partial charge in [0.1, 0.15) is 0 Å². The van der Waals surface area contributed by atoms with Crippen molar-refractivity contribution in [1.82, 2.24) is 5.32 Å². The molecule has 0 fully saturated rings. The number of hydrogen-bond acceptors (Lipinski definition) is 4. The number of nitrogens with one attached hydrogen (secondary N) is 1. The first kappa shape index (κ1) is 17.2. The average Bonchev–Trinajstić information content (AvgIpc) is 2.34. The molecule has 0 saturated carbocycles. The molecule has 1 rings (SSSR count). The molecule has 20 heavy (non-hydrogen) atoms. The second-order valence-electron chi connectivity index (χ2n) is 4.38. The highest BCUT2D eigenvalue weighted by Gasteiger charge is 2.15. The maximum atomic E-state index is 11.9. The van der Waals surface area contributed by atoms with Crippen LogP contribution in [0.5, 0.6) is 0 Å². The number of ether oxygens (including phenoxy) is 1. The molecule has 0 spiro atoms. The predicted molar refractivity (Wildman–Crippen MR) is 77.9 cm³/mol. The third-order valence-corrected chi connectivity index (χ3v) is 4.03. The standard InChI is InChI=1S/C12H15Cl2NO4S/c1-8(7-19-2)6-15-12(16)9-3-10(13)5-11(4-9)20(14,17)18/h3-5,8H,6-7H2,1-2H3,(H,15,16). The molecule has 1 aromatic rings. The molecule has 1 unspecified atom stereocenters. The minimum Gasteiger partial charge on any atom is -0.384 e. The van der Waals surface area contributed by atoms with Gasteiger partial charge in [0.25, 0.3) is 15.0 Å². The summed E-state index contributed by atoms with van der Waals surface area (Å²) < 4.78 is 27.5. The molecule has 0 aliphatic heterocycles. The quantitative estimate of drug-likeness (QED) is 0.807. The van der Waals surface area contributed by atoms with Crippen molar-refractivity contribution < 1.29 is 17.9 Å². The van der Waals surface area contributed by atoms with E-state index in [1.165, 1.54) is 18.2 Å². The molecule has 0 aliphatic carbocycles. The van der Waals surface area contributed by atoms with Gasteiger partial charge in [0.15, 0.2) is 0 Å². The van der Waals surface area contributed by atoms with Crippen LogP contribution >= 0.6 is 22.3 Å². The zero-order valence-electron chi connectivity index (χ0n) is 11.0.